The lowest BCUT2D eigenvalue weighted by Gasteiger charge is -2.23. The first-order chi connectivity index (χ1) is 10.0. The Balaban J connectivity index is 1.92. The largest absolute Gasteiger partial charge is 0.355 e. The Morgan fingerprint density at radius 3 is 2.67 bits per heavy atom. The maximum Gasteiger partial charge on any atom is 0.271 e. The van der Waals surface area contributed by atoms with E-state index in [2.05, 4.69) is 40.8 Å². The lowest BCUT2D eigenvalue weighted by molar-refractivity contribution is 0.0931. The molecule has 0 radical (unpaired) electrons. The number of amides is 1. The summed E-state index contributed by atoms with van der Waals surface area (Å²) in [5, 5.41) is 11.1. The van der Waals surface area contributed by atoms with Crippen LogP contribution >= 0.6 is 0 Å². The van der Waals surface area contributed by atoms with Crippen LogP contribution in [0.1, 0.15) is 43.6 Å². The molecule has 0 bridgehead atoms. The van der Waals surface area contributed by atoms with E-state index in [4.69, 9.17) is 0 Å². The lowest BCUT2D eigenvalue weighted by Crippen LogP contribution is -2.34. The Morgan fingerprint density at radius 1 is 1.38 bits per heavy atom. The lowest BCUT2D eigenvalue weighted by atomic mass is 9.89. The highest BCUT2D eigenvalue weighted by molar-refractivity contribution is 5.92. The van der Waals surface area contributed by atoms with Crippen molar-refractivity contribution < 1.29 is 4.79 Å². The molecule has 1 saturated heterocycles. The second-order valence-corrected chi connectivity index (χ2v) is 6.31. The molecule has 5 heteroatoms. The molecule has 1 aromatic rings. The number of hydrogen-bond donors (Lipinski definition) is 1. The van der Waals surface area contributed by atoms with Crippen LogP contribution in [0.2, 0.25) is 0 Å². The van der Waals surface area contributed by atoms with Crippen LogP contribution in [-0.2, 0) is 0 Å². The molecule has 0 saturated carbocycles. The Labute approximate surface area is 126 Å². The minimum Gasteiger partial charge on any atom is -0.355 e. The van der Waals surface area contributed by atoms with Gasteiger partial charge in [0.15, 0.2) is 11.5 Å². The molecule has 1 aliphatic rings. The minimum atomic E-state index is -0.174. The number of hydrogen-bond acceptors (Lipinski definition) is 4. The van der Waals surface area contributed by atoms with Crippen LogP contribution in [0, 0.1) is 5.41 Å². The molecule has 21 heavy (non-hydrogen) atoms. The highest BCUT2D eigenvalue weighted by Crippen LogP contribution is 2.19. The third kappa shape index (κ3) is 4.28. The standard InChI is InChI=1S/C16H24N4O/c1-4-9-16(2,3)12-17-15(21)13-7-8-14(19-18-13)20-10-5-6-11-20/h4,7-8H,1,5-6,9-12H2,2-3H3,(H,17,21). The second kappa shape index (κ2) is 6.70. The van der Waals surface area contributed by atoms with Crippen molar-refractivity contribution in [1.82, 2.24) is 15.5 Å². The smallest absolute Gasteiger partial charge is 0.271 e. The molecule has 1 aromatic heterocycles. The predicted molar refractivity (Wildman–Crippen MR) is 84.4 cm³/mol. The topological polar surface area (TPSA) is 58.1 Å². The van der Waals surface area contributed by atoms with Crippen molar-refractivity contribution >= 4 is 11.7 Å². The van der Waals surface area contributed by atoms with Crippen LogP contribution in [0.25, 0.3) is 0 Å². The molecule has 2 rings (SSSR count). The van der Waals surface area contributed by atoms with Gasteiger partial charge in [0, 0.05) is 19.6 Å². The van der Waals surface area contributed by atoms with Gasteiger partial charge in [-0.1, -0.05) is 19.9 Å². The van der Waals surface area contributed by atoms with Gasteiger partial charge in [-0.25, -0.2) is 0 Å². The maximum atomic E-state index is 12.1. The molecule has 0 spiro atoms. The summed E-state index contributed by atoms with van der Waals surface area (Å²) in [7, 11) is 0. The van der Waals surface area contributed by atoms with Crippen LogP contribution in [0.4, 0.5) is 5.82 Å². The molecule has 0 aliphatic carbocycles. The minimum absolute atomic E-state index is 0.000328. The summed E-state index contributed by atoms with van der Waals surface area (Å²) < 4.78 is 0. The monoisotopic (exact) mass is 288 g/mol. The number of nitrogens with zero attached hydrogens (tertiary/aromatic N) is 3. The second-order valence-electron chi connectivity index (χ2n) is 6.31. The third-order valence-corrected chi connectivity index (χ3v) is 3.74. The van der Waals surface area contributed by atoms with Gasteiger partial charge in [-0.2, -0.15) is 0 Å². The molecule has 1 fully saturated rings. The highest BCUT2D eigenvalue weighted by Gasteiger charge is 2.19. The zero-order chi connectivity index (χ0) is 15.3. The summed E-state index contributed by atoms with van der Waals surface area (Å²) in [4.78, 5) is 14.3. The molecular weight excluding hydrogens is 264 g/mol. The van der Waals surface area contributed by atoms with Crippen molar-refractivity contribution in [2.24, 2.45) is 5.41 Å². The van der Waals surface area contributed by atoms with Crippen molar-refractivity contribution in [3.05, 3.63) is 30.5 Å². The number of allylic oxidation sites excluding steroid dienone is 1. The Kier molecular flexibility index (Phi) is 4.94. The zero-order valence-electron chi connectivity index (χ0n) is 12.9. The van der Waals surface area contributed by atoms with Gasteiger partial charge in [-0.3, -0.25) is 4.79 Å². The highest BCUT2D eigenvalue weighted by atomic mass is 16.1. The van der Waals surface area contributed by atoms with E-state index in [1.807, 2.05) is 12.1 Å². The summed E-state index contributed by atoms with van der Waals surface area (Å²) in [5.41, 5.74) is 0.368. The van der Waals surface area contributed by atoms with E-state index in [0.29, 0.717) is 12.2 Å². The van der Waals surface area contributed by atoms with Crippen LogP contribution in [0.15, 0.2) is 24.8 Å². The van der Waals surface area contributed by atoms with Gasteiger partial charge in [-0.05, 0) is 36.8 Å². The molecule has 0 aromatic carbocycles. The van der Waals surface area contributed by atoms with Crippen molar-refractivity contribution in [1.29, 1.82) is 0 Å². The van der Waals surface area contributed by atoms with E-state index in [1.54, 1.807) is 6.07 Å². The van der Waals surface area contributed by atoms with Gasteiger partial charge in [0.05, 0.1) is 0 Å². The number of nitrogens with one attached hydrogen (secondary N) is 1. The number of aromatic nitrogens is 2. The average molecular weight is 288 g/mol. The van der Waals surface area contributed by atoms with Gasteiger partial charge in [0.25, 0.3) is 5.91 Å². The van der Waals surface area contributed by atoms with Gasteiger partial charge >= 0.3 is 0 Å². The van der Waals surface area contributed by atoms with Gasteiger partial charge in [0.2, 0.25) is 0 Å². The molecule has 1 aliphatic heterocycles. The van der Waals surface area contributed by atoms with E-state index in [-0.39, 0.29) is 11.3 Å². The molecular formula is C16H24N4O. The van der Waals surface area contributed by atoms with Crippen molar-refractivity contribution in [2.75, 3.05) is 24.5 Å². The Bertz CT molecular complexity index is 490. The molecule has 114 valence electrons. The quantitative estimate of drug-likeness (QED) is 0.817. The summed E-state index contributed by atoms with van der Waals surface area (Å²) >= 11 is 0. The summed E-state index contributed by atoms with van der Waals surface area (Å²) in [6.45, 7) is 10.6. The number of anilines is 1. The average Bonchev–Trinajstić information content (AvgIpc) is 2.99. The molecule has 2 heterocycles. The predicted octanol–water partition coefficient (Wildman–Crippen LogP) is 2.41. The van der Waals surface area contributed by atoms with E-state index in [0.717, 1.165) is 25.3 Å². The molecule has 1 N–H and O–H groups in total. The van der Waals surface area contributed by atoms with Crippen LogP contribution in [0.3, 0.4) is 0 Å². The Morgan fingerprint density at radius 2 is 2.10 bits per heavy atom. The van der Waals surface area contributed by atoms with Gasteiger partial charge in [0.1, 0.15) is 0 Å². The van der Waals surface area contributed by atoms with Crippen molar-refractivity contribution in [3.63, 3.8) is 0 Å². The number of carbonyl (C=O) groups excluding carboxylic acids is 1. The van der Waals surface area contributed by atoms with E-state index in [1.165, 1.54) is 12.8 Å². The van der Waals surface area contributed by atoms with Crippen LogP contribution in [0.5, 0.6) is 0 Å². The van der Waals surface area contributed by atoms with Gasteiger partial charge < -0.3 is 10.2 Å². The molecule has 1 amide bonds. The first-order valence-electron chi connectivity index (χ1n) is 7.50. The fraction of sp³-hybridized carbons (Fsp3) is 0.562. The molecule has 0 unspecified atom stereocenters. The Hall–Kier alpha value is -1.91. The van der Waals surface area contributed by atoms with E-state index < -0.39 is 0 Å². The summed E-state index contributed by atoms with van der Waals surface area (Å²) in [6.07, 6.45) is 5.12. The van der Waals surface area contributed by atoms with Crippen LogP contribution in [-0.4, -0.2) is 35.7 Å². The van der Waals surface area contributed by atoms with Crippen LogP contribution < -0.4 is 10.2 Å². The number of rotatable bonds is 6. The normalized spacial score (nSPS) is 15.0. The first kappa shape index (κ1) is 15.5. The third-order valence-electron chi connectivity index (χ3n) is 3.74. The SMILES string of the molecule is C=CCC(C)(C)CNC(=O)c1ccc(N2CCCC2)nn1. The fourth-order valence-corrected chi connectivity index (χ4v) is 2.43. The zero-order valence-corrected chi connectivity index (χ0v) is 12.9. The van der Waals surface area contributed by atoms with Crippen molar-refractivity contribution in [3.8, 4) is 0 Å². The van der Waals surface area contributed by atoms with Gasteiger partial charge in [-0.15, -0.1) is 16.8 Å². The fourth-order valence-electron chi connectivity index (χ4n) is 2.43. The molecule has 0 atom stereocenters. The molecule has 5 nitrogen and oxygen atoms in total. The number of carbonyl (C=O) groups is 1. The first-order valence-corrected chi connectivity index (χ1v) is 7.50. The maximum absolute atomic E-state index is 12.1. The summed E-state index contributed by atoms with van der Waals surface area (Å²) in [6, 6.07) is 3.62. The summed E-state index contributed by atoms with van der Waals surface area (Å²) in [5.74, 6) is 0.684. The van der Waals surface area contributed by atoms with Crippen molar-refractivity contribution in [2.45, 2.75) is 33.1 Å². The van der Waals surface area contributed by atoms with E-state index in [9.17, 15) is 4.79 Å². The van der Waals surface area contributed by atoms with E-state index >= 15 is 0 Å².